The fraction of sp³-hybridized carbons (Fsp3) is 0.800. The first-order valence-electron chi connectivity index (χ1n) is 7.84. The van der Waals surface area contributed by atoms with Crippen molar-refractivity contribution in [2.45, 2.75) is 44.9 Å². The molecule has 1 fully saturated rings. The van der Waals surface area contributed by atoms with Crippen LogP contribution in [0.2, 0.25) is 5.02 Å². The van der Waals surface area contributed by atoms with E-state index in [2.05, 4.69) is 36.3 Å². The Bertz CT molecular complexity index is 429. The second kappa shape index (κ2) is 8.13. The first kappa shape index (κ1) is 16.7. The Morgan fingerprint density at radius 1 is 1.57 bits per heavy atom. The Labute approximate surface area is 132 Å². The average molecular weight is 315 g/mol. The summed E-state index contributed by atoms with van der Waals surface area (Å²) in [5.74, 6) is 0. The highest BCUT2D eigenvalue weighted by atomic mass is 35.5. The molecule has 1 saturated heterocycles. The van der Waals surface area contributed by atoms with E-state index >= 15 is 0 Å². The molecule has 120 valence electrons. The summed E-state index contributed by atoms with van der Waals surface area (Å²) in [4.78, 5) is 2.15. The van der Waals surface area contributed by atoms with Crippen LogP contribution in [0.15, 0.2) is 6.20 Å². The first-order valence-corrected chi connectivity index (χ1v) is 8.22. The summed E-state index contributed by atoms with van der Waals surface area (Å²) in [5.41, 5.74) is 1.07. The monoisotopic (exact) mass is 314 g/mol. The summed E-state index contributed by atoms with van der Waals surface area (Å²) in [6.07, 6.45) is 5.24. The number of rotatable bonds is 8. The number of nitrogens with one attached hydrogen (secondary N) is 1. The molecule has 1 aliphatic heterocycles. The van der Waals surface area contributed by atoms with Crippen molar-refractivity contribution in [3.05, 3.63) is 16.9 Å². The second-order valence-electron chi connectivity index (χ2n) is 5.89. The standard InChI is InChI=1S/C15H27ClN4O/c1-4-7-17-14(13-6-5-10-21-13)15-12(16)11-18-20(15)9-8-19(2)3/h11,13-14,17H,4-10H2,1-3H3. The molecule has 1 aromatic rings. The molecule has 21 heavy (non-hydrogen) atoms. The lowest BCUT2D eigenvalue weighted by Crippen LogP contribution is -2.35. The Morgan fingerprint density at radius 2 is 2.38 bits per heavy atom. The van der Waals surface area contributed by atoms with Crippen LogP contribution in [-0.4, -0.2) is 54.6 Å². The van der Waals surface area contributed by atoms with Gasteiger partial charge in [-0.2, -0.15) is 5.10 Å². The van der Waals surface area contributed by atoms with Gasteiger partial charge in [-0.05, 0) is 39.9 Å². The molecule has 1 aliphatic rings. The molecule has 0 aliphatic carbocycles. The largest absolute Gasteiger partial charge is 0.376 e. The number of halogens is 1. The summed E-state index contributed by atoms with van der Waals surface area (Å²) < 4.78 is 7.92. The minimum atomic E-state index is 0.129. The third-order valence-electron chi connectivity index (χ3n) is 3.84. The van der Waals surface area contributed by atoms with E-state index in [1.807, 2.05) is 4.68 Å². The molecule has 0 saturated carbocycles. The van der Waals surface area contributed by atoms with Crippen molar-refractivity contribution in [2.75, 3.05) is 33.8 Å². The van der Waals surface area contributed by atoms with Crippen molar-refractivity contribution in [1.82, 2.24) is 20.0 Å². The highest BCUT2D eigenvalue weighted by molar-refractivity contribution is 6.31. The van der Waals surface area contributed by atoms with Gasteiger partial charge in [-0.25, -0.2) is 0 Å². The normalized spacial score (nSPS) is 20.3. The van der Waals surface area contributed by atoms with Crippen LogP contribution in [-0.2, 0) is 11.3 Å². The predicted octanol–water partition coefficient (Wildman–Crippen LogP) is 2.32. The zero-order chi connectivity index (χ0) is 15.2. The van der Waals surface area contributed by atoms with Crippen molar-refractivity contribution in [1.29, 1.82) is 0 Å². The van der Waals surface area contributed by atoms with Crippen molar-refractivity contribution in [3.63, 3.8) is 0 Å². The molecule has 1 N–H and O–H groups in total. The summed E-state index contributed by atoms with van der Waals surface area (Å²) >= 11 is 6.42. The van der Waals surface area contributed by atoms with Crippen molar-refractivity contribution in [3.8, 4) is 0 Å². The first-order chi connectivity index (χ1) is 10.1. The number of nitrogens with zero attached hydrogens (tertiary/aromatic N) is 3. The zero-order valence-electron chi connectivity index (χ0n) is 13.3. The quantitative estimate of drug-likeness (QED) is 0.799. The maximum Gasteiger partial charge on any atom is 0.0835 e. The van der Waals surface area contributed by atoms with Gasteiger partial charge < -0.3 is 15.0 Å². The lowest BCUT2D eigenvalue weighted by molar-refractivity contribution is 0.0753. The lowest BCUT2D eigenvalue weighted by Gasteiger charge is -2.26. The molecule has 5 nitrogen and oxygen atoms in total. The van der Waals surface area contributed by atoms with Gasteiger partial charge in [0, 0.05) is 13.2 Å². The molecule has 1 aromatic heterocycles. The molecule has 2 heterocycles. The fourth-order valence-corrected chi connectivity index (χ4v) is 2.98. The molecule has 0 spiro atoms. The van der Waals surface area contributed by atoms with E-state index in [0.717, 1.165) is 56.2 Å². The van der Waals surface area contributed by atoms with Crippen LogP contribution in [0.1, 0.15) is 37.9 Å². The SMILES string of the molecule is CCCNC(c1c(Cl)cnn1CCN(C)C)C1CCCO1. The van der Waals surface area contributed by atoms with Crippen molar-refractivity contribution in [2.24, 2.45) is 0 Å². The summed E-state index contributed by atoms with van der Waals surface area (Å²) in [6, 6.07) is 0.129. The van der Waals surface area contributed by atoms with Crippen LogP contribution in [0.5, 0.6) is 0 Å². The molecule has 2 rings (SSSR count). The van der Waals surface area contributed by atoms with Crippen LogP contribution in [0.25, 0.3) is 0 Å². The minimum absolute atomic E-state index is 0.129. The van der Waals surface area contributed by atoms with Gasteiger partial charge in [0.1, 0.15) is 0 Å². The Kier molecular flexibility index (Phi) is 6.48. The van der Waals surface area contributed by atoms with Crippen molar-refractivity contribution >= 4 is 11.6 Å². The summed E-state index contributed by atoms with van der Waals surface area (Å²) in [6.45, 7) is 5.76. The summed E-state index contributed by atoms with van der Waals surface area (Å²) in [7, 11) is 4.13. The van der Waals surface area contributed by atoms with Gasteiger partial charge in [0.15, 0.2) is 0 Å². The minimum Gasteiger partial charge on any atom is -0.376 e. The fourth-order valence-electron chi connectivity index (χ4n) is 2.72. The van der Waals surface area contributed by atoms with E-state index in [9.17, 15) is 0 Å². The van der Waals surface area contributed by atoms with Crippen LogP contribution in [0.3, 0.4) is 0 Å². The molecule has 0 aromatic carbocycles. The Balaban J connectivity index is 2.18. The highest BCUT2D eigenvalue weighted by Gasteiger charge is 2.31. The van der Waals surface area contributed by atoms with E-state index in [1.54, 1.807) is 6.20 Å². The molecular weight excluding hydrogens is 288 g/mol. The van der Waals surface area contributed by atoms with E-state index in [0.29, 0.717) is 0 Å². The topological polar surface area (TPSA) is 42.3 Å². The molecule has 0 bridgehead atoms. The Morgan fingerprint density at radius 3 is 3.00 bits per heavy atom. The van der Waals surface area contributed by atoms with Crippen LogP contribution < -0.4 is 5.32 Å². The van der Waals surface area contributed by atoms with Crippen LogP contribution >= 0.6 is 11.6 Å². The number of hydrogen-bond acceptors (Lipinski definition) is 4. The van der Waals surface area contributed by atoms with Gasteiger partial charge >= 0.3 is 0 Å². The lowest BCUT2D eigenvalue weighted by atomic mass is 10.0. The van der Waals surface area contributed by atoms with Gasteiger partial charge in [-0.15, -0.1) is 0 Å². The average Bonchev–Trinajstić information content (AvgIpc) is 3.09. The van der Waals surface area contributed by atoms with Crippen LogP contribution in [0.4, 0.5) is 0 Å². The van der Waals surface area contributed by atoms with Gasteiger partial charge in [-0.1, -0.05) is 18.5 Å². The molecule has 6 heteroatoms. The predicted molar refractivity (Wildman–Crippen MR) is 85.8 cm³/mol. The van der Waals surface area contributed by atoms with Gasteiger partial charge in [0.25, 0.3) is 0 Å². The van der Waals surface area contributed by atoms with E-state index in [1.165, 1.54) is 0 Å². The molecular formula is C15H27ClN4O. The van der Waals surface area contributed by atoms with E-state index < -0.39 is 0 Å². The molecule has 2 unspecified atom stereocenters. The maximum atomic E-state index is 6.42. The summed E-state index contributed by atoms with van der Waals surface area (Å²) in [5, 5.41) is 8.78. The smallest absolute Gasteiger partial charge is 0.0835 e. The number of aromatic nitrogens is 2. The third-order valence-corrected chi connectivity index (χ3v) is 4.13. The van der Waals surface area contributed by atoms with Crippen molar-refractivity contribution < 1.29 is 4.74 Å². The maximum absolute atomic E-state index is 6.42. The van der Waals surface area contributed by atoms with E-state index in [4.69, 9.17) is 16.3 Å². The molecule has 0 amide bonds. The van der Waals surface area contributed by atoms with E-state index in [-0.39, 0.29) is 12.1 Å². The zero-order valence-corrected chi connectivity index (χ0v) is 14.1. The van der Waals surface area contributed by atoms with Gasteiger partial charge in [0.05, 0.1) is 35.6 Å². The number of likely N-dealkylation sites (N-methyl/N-ethyl adjacent to an activating group) is 1. The number of hydrogen-bond donors (Lipinski definition) is 1. The highest BCUT2D eigenvalue weighted by Crippen LogP contribution is 2.31. The van der Waals surface area contributed by atoms with Gasteiger partial charge in [-0.3, -0.25) is 4.68 Å². The number of ether oxygens (including phenoxy) is 1. The Hall–Kier alpha value is -0.620. The second-order valence-corrected chi connectivity index (χ2v) is 6.29. The van der Waals surface area contributed by atoms with Crippen LogP contribution in [0, 0.1) is 0 Å². The molecule has 2 atom stereocenters. The van der Waals surface area contributed by atoms with Gasteiger partial charge in [0.2, 0.25) is 0 Å². The third kappa shape index (κ3) is 4.42. The molecule has 0 radical (unpaired) electrons.